The van der Waals surface area contributed by atoms with E-state index in [1.807, 2.05) is 12.1 Å². The van der Waals surface area contributed by atoms with E-state index in [1.165, 1.54) is 36.4 Å². The van der Waals surface area contributed by atoms with E-state index < -0.39 is 78.3 Å². The van der Waals surface area contributed by atoms with Crippen molar-refractivity contribution in [1.29, 1.82) is 0 Å². The second-order valence-electron chi connectivity index (χ2n) is 9.01. The third-order valence-corrected chi connectivity index (χ3v) is 6.11. The summed E-state index contributed by atoms with van der Waals surface area (Å²) in [5, 5.41) is 23.0. The largest absolute Gasteiger partial charge is 2.00 e. The van der Waals surface area contributed by atoms with E-state index in [-0.39, 0.29) is 44.2 Å². The third kappa shape index (κ3) is 4.96. The van der Waals surface area contributed by atoms with E-state index in [2.05, 4.69) is 9.97 Å². The van der Waals surface area contributed by atoms with Crippen LogP contribution in [0.4, 0.5) is 28.9 Å². The minimum Gasteiger partial charge on any atom is -0.456 e. The van der Waals surface area contributed by atoms with Crippen LogP contribution in [0.25, 0.3) is 0 Å². The van der Waals surface area contributed by atoms with Gasteiger partial charge in [0.05, 0.1) is 28.7 Å². The maximum absolute atomic E-state index is 15.1. The minimum absolute atomic E-state index is 0. The number of benzene rings is 2. The van der Waals surface area contributed by atoms with Crippen molar-refractivity contribution in [3.8, 4) is 23.3 Å². The summed E-state index contributed by atoms with van der Waals surface area (Å²) >= 11 is 0. The molecule has 0 unspecified atom stereocenters. The summed E-state index contributed by atoms with van der Waals surface area (Å²) < 4.78 is 71.0. The van der Waals surface area contributed by atoms with Crippen molar-refractivity contribution in [2.45, 2.75) is 19.3 Å². The van der Waals surface area contributed by atoms with Gasteiger partial charge in [-0.25, -0.2) is 9.97 Å². The Kier molecular flexibility index (Phi) is 7.83. The molecule has 16 heteroatoms. The molecule has 8 bridgehead atoms. The van der Waals surface area contributed by atoms with Crippen molar-refractivity contribution >= 4 is 17.2 Å². The fourth-order valence-electron chi connectivity index (χ4n) is 3.97. The van der Waals surface area contributed by atoms with Crippen molar-refractivity contribution in [1.82, 2.24) is 9.97 Å². The van der Waals surface area contributed by atoms with Crippen molar-refractivity contribution in [2.75, 3.05) is 0 Å². The van der Waals surface area contributed by atoms with Crippen molar-refractivity contribution in [2.24, 2.45) is 0 Å². The van der Waals surface area contributed by atoms with Gasteiger partial charge < -0.3 is 14.3 Å². The Morgan fingerprint density at radius 3 is 1.48 bits per heavy atom. The van der Waals surface area contributed by atoms with Gasteiger partial charge in [0.15, 0.2) is 11.6 Å². The van der Waals surface area contributed by atoms with E-state index in [4.69, 9.17) is 9.47 Å². The number of nitro groups is 2. The van der Waals surface area contributed by atoms with Gasteiger partial charge >= 0.3 is 21.1 Å². The number of nitro benzene ring substituents is 2. The van der Waals surface area contributed by atoms with Crippen LogP contribution in [-0.4, -0.2) is 25.6 Å². The van der Waals surface area contributed by atoms with Crippen molar-refractivity contribution < 1.29 is 62.7 Å². The summed E-state index contributed by atoms with van der Waals surface area (Å²) in [6.07, 6.45) is 0. The topological polar surface area (TPSA) is 148 Å². The first-order valence-corrected chi connectivity index (χ1v) is 11.3. The number of nitrogens with zero attached hydrogens (tertiary/aromatic N) is 4. The molecule has 0 amide bonds. The number of aromatic nitrogens is 2. The van der Waals surface area contributed by atoms with Crippen LogP contribution in [0.3, 0.4) is 0 Å². The van der Waals surface area contributed by atoms with Crippen LogP contribution < -0.4 is 9.47 Å². The first-order chi connectivity index (χ1) is 19.3. The molecule has 2 aromatic carbocycles. The molecule has 0 spiro atoms. The molecule has 0 N–H and O–H groups in total. The average Bonchev–Trinajstić information content (AvgIpc) is 2.91. The van der Waals surface area contributed by atoms with Crippen LogP contribution in [0.5, 0.6) is 23.3 Å². The maximum atomic E-state index is 15.1. The number of ether oxygens (including phenoxy) is 2. The zero-order valence-corrected chi connectivity index (χ0v) is 23.2. The monoisotopic (exact) mass is 763 g/mol. The SMILES string of the molecule is CC1(C)c2cccc(n2)Oc2[c-]c(c(F)c([N+](=O)[O-])c2F)C(=O)c2[c-]c(c(F)c([N+](=O)[O-])c2F)Oc2cccc1n2.[Pt+2]. The standard InChI is InChI=1S/C26H12F4N4O7.Pt/c1-26(2)15-5-3-7-17(31-15)40-13-9-11(19(27)23(21(13)29)33(36)37)25(35)12-10-14(22(30)24(20(12)28)34(38)39)41-18-8-4-6-16(26)32-18;/h3-8H,1-2H3;/q-2;+2. The minimum atomic E-state index is -2.11. The molecular formula is C26H12F4N4O7Pt. The number of carbonyl (C=O) groups excluding carboxylic acids is 1. The van der Waals surface area contributed by atoms with Gasteiger partial charge in [-0.3, -0.25) is 37.8 Å². The van der Waals surface area contributed by atoms with Crippen LogP contribution in [0.2, 0.25) is 0 Å². The molecule has 5 rings (SSSR count). The van der Waals surface area contributed by atoms with E-state index in [1.54, 1.807) is 13.8 Å². The number of rotatable bonds is 2. The molecule has 2 aromatic heterocycles. The quantitative estimate of drug-likeness (QED) is 0.105. The zero-order chi connectivity index (χ0) is 29.8. The summed E-state index contributed by atoms with van der Waals surface area (Å²) in [6, 6.07) is 12.2. The molecule has 0 aliphatic carbocycles. The maximum Gasteiger partial charge on any atom is 2.00 e. The molecule has 11 nitrogen and oxygen atoms in total. The molecule has 4 aromatic rings. The molecule has 0 saturated carbocycles. The fraction of sp³-hybridized carbons (Fsp3) is 0.115. The summed E-state index contributed by atoms with van der Waals surface area (Å²) in [4.78, 5) is 41.8. The first kappa shape index (κ1) is 30.2. The van der Waals surface area contributed by atoms with Crippen LogP contribution in [0.15, 0.2) is 36.4 Å². The molecule has 0 fully saturated rings. The molecule has 0 saturated heterocycles. The zero-order valence-electron chi connectivity index (χ0n) is 20.9. The number of ketones is 1. The molecule has 0 radical (unpaired) electrons. The molecule has 42 heavy (non-hydrogen) atoms. The predicted octanol–water partition coefficient (Wildman–Crippen LogP) is 5.90. The van der Waals surface area contributed by atoms with E-state index in [0.29, 0.717) is 0 Å². The van der Waals surface area contributed by atoms with Crippen LogP contribution in [0, 0.1) is 55.6 Å². The summed E-state index contributed by atoms with van der Waals surface area (Å²) in [7, 11) is 0. The van der Waals surface area contributed by atoms with E-state index in [9.17, 15) is 25.0 Å². The summed E-state index contributed by atoms with van der Waals surface area (Å²) in [5.41, 5.74) is -7.19. The normalized spacial score (nSPS) is 13.3. The van der Waals surface area contributed by atoms with Crippen LogP contribution in [-0.2, 0) is 26.5 Å². The van der Waals surface area contributed by atoms with Gasteiger partial charge in [-0.15, -0.1) is 0 Å². The van der Waals surface area contributed by atoms with Gasteiger partial charge in [-0.05, 0) is 26.0 Å². The Hall–Kier alpha value is -4.78. The van der Waals surface area contributed by atoms with Crippen molar-refractivity contribution in [3.63, 3.8) is 0 Å². The Morgan fingerprint density at radius 2 is 1.12 bits per heavy atom. The van der Waals surface area contributed by atoms with E-state index in [0.717, 1.165) is 0 Å². The second kappa shape index (κ2) is 10.9. The predicted molar refractivity (Wildman–Crippen MR) is 128 cm³/mol. The molecule has 1 aliphatic heterocycles. The fourth-order valence-corrected chi connectivity index (χ4v) is 3.97. The number of pyridine rings is 2. The third-order valence-electron chi connectivity index (χ3n) is 6.11. The number of halogens is 4. The molecule has 1 aliphatic rings. The van der Waals surface area contributed by atoms with Gasteiger partial charge in [-0.1, -0.05) is 35.4 Å². The smallest absolute Gasteiger partial charge is 0.456 e. The number of carbonyl (C=O) groups is 1. The average molecular weight is 763 g/mol. The number of fused-ring (bicyclic) bond motifs is 8. The van der Waals surface area contributed by atoms with Crippen LogP contribution in [0.1, 0.15) is 41.2 Å². The molecule has 216 valence electrons. The Balaban J connectivity index is 0.00000405. The van der Waals surface area contributed by atoms with Crippen molar-refractivity contribution in [3.05, 3.63) is 115 Å². The number of hydrogen-bond donors (Lipinski definition) is 0. The van der Waals surface area contributed by atoms with Gasteiger partial charge in [0, 0.05) is 27.4 Å². The number of hydrogen-bond acceptors (Lipinski definition) is 9. The summed E-state index contributed by atoms with van der Waals surface area (Å²) in [6.45, 7) is 3.32. The molecule has 0 atom stereocenters. The van der Waals surface area contributed by atoms with Gasteiger partial charge in [-0.2, -0.15) is 0 Å². The van der Waals surface area contributed by atoms with Gasteiger partial charge in [0.1, 0.15) is 11.6 Å². The molecule has 3 heterocycles. The molecular weight excluding hydrogens is 751 g/mol. The van der Waals surface area contributed by atoms with E-state index >= 15 is 17.6 Å². The second-order valence-corrected chi connectivity index (χ2v) is 9.01. The first-order valence-electron chi connectivity index (χ1n) is 11.3. The van der Waals surface area contributed by atoms with Gasteiger partial charge in [0.25, 0.3) is 11.4 Å². The summed E-state index contributed by atoms with van der Waals surface area (Å²) in [5.74, 6) is -12.9. The van der Waals surface area contributed by atoms with Gasteiger partial charge in [0.2, 0.25) is 11.8 Å². The van der Waals surface area contributed by atoms with Crippen LogP contribution >= 0.6 is 0 Å². The Labute approximate surface area is 246 Å². The Bertz CT molecular complexity index is 1690. The Morgan fingerprint density at radius 1 is 0.738 bits per heavy atom.